The topological polar surface area (TPSA) is 117 Å². The molecule has 0 spiro atoms. The van der Waals surface area contributed by atoms with Crippen LogP contribution in [-0.2, 0) is 6.54 Å². The smallest absolute Gasteiger partial charge is 0.335 e. The maximum Gasteiger partial charge on any atom is 0.335 e. The monoisotopic (exact) mass is 321 g/mol. The molecule has 0 aliphatic rings. The minimum absolute atomic E-state index is 0.0106. The van der Waals surface area contributed by atoms with Crippen LogP contribution in [0.1, 0.15) is 21.5 Å². The van der Waals surface area contributed by atoms with Gasteiger partial charge in [0, 0.05) is 29.2 Å². The van der Waals surface area contributed by atoms with Gasteiger partial charge in [-0.3, -0.25) is 5.41 Å². The molecule has 0 bridgehead atoms. The molecule has 0 saturated carbocycles. The zero-order valence-electron chi connectivity index (χ0n) is 12.7. The van der Waals surface area contributed by atoms with Crippen molar-refractivity contribution in [2.45, 2.75) is 6.54 Å². The van der Waals surface area contributed by atoms with Crippen LogP contribution >= 0.6 is 0 Å². The number of benzene rings is 2. The number of fused-ring (bicyclic) bond motifs is 1. The molecule has 3 aromatic rings. The van der Waals surface area contributed by atoms with Gasteiger partial charge in [-0.15, -0.1) is 5.11 Å². The van der Waals surface area contributed by atoms with Crippen molar-refractivity contribution in [2.75, 3.05) is 0 Å². The van der Waals surface area contributed by atoms with E-state index < -0.39 is 5.97 Å². The van der Waals surface area contributed by atoms with Crippen LogP contribution in [0.4, 0.5) is 0 Å². The molecular weight excluding hydrogens is 306 g/mol. The molecule has 0 amide bonds. The third kappa shape index (κ3) is 3.00. The summed E-state index contributed by atoms with van der Waals surface area (Å²) in [6, 6.07) is 14.3. The molecular formula is C17H15N5O2. The van der Waals surface area contributed by atoms with Gasteiger partial charge in [0.1, 0.15) is 0 Å². The fourth-order valence-corrected chi connectivity index (χ4v) is 2.55. The highest BCUT2D eigenvalue weighted by atomic mass is 16.4. The Hall–Kier alpha value is -3.48. The zero-order valence-corrected chi connectivity index (χ0v) is 12.7. The summed E-state index contributed by atoms with van der Waals surface area (Å²) in [5.74, 6) is 4.05. The van der Waals surface area contributed by atoms with Gasteiger partial charge in [0.15, 0.2) is 5.84 Å². The van der Waals surface area contributed by atoms with Crippen LogP contribution in [-0.4, -0.2) is 21.5 Å². The van der Waals surface area contributed by atoms with Gasteiger partial charge in [-0.05, 0) is 42.0 Å². The molecule has 0 unspecified atom stereocenters. The zero-order chi connectivity index (χ0) is 17.1. The first-order valence-electron chi connectivity index (χ1n) is 7.19. The average molecular weight is 321 g/mol. The first kappa shape index (κ1) is 15.4. The Morgan fingerprint density at radius 3 is 2.50 bits per heavy atom. The van der Waals surface area contributed by atoms with E-state index >= 15 is 0 Å². The number of aromatic carboxylic acids is 1. The Balaban J connectivity index is 1.88. The van der Waals surface area contributed by atoms with Crippen molar-refractivity contribution in [3.05, 3.63) is 71.4 Å². The Morgan fingerprint density at radius 2 is 1.83 bits per heavy atom. The molecule has 0 fully saturated rings. The number of hydrogen-bond donors (Lipinski definition) is 3. The van der Waals surface area contributed by atoms with Gasteiger partial charge in [0.05, 0.1) is 5.56 Å². The van der Waals surface area contributed by atoms with Crippen molar-refractivity contribution in [3.8, 4) is 0 Å². The number of rotatable bonds is 4. The van der Waals surface area contributed by atoms with Crippen LogP contribution in [0.25, 0.3) is 10.9 Å². The van der Waals surface area contributed by atoms with Crippen LogP contribution in [0.3, 0.4) is 0 Å². The number of nitrogens with zero attached hydrogens (tertiary/aromatic N) is 3. The normalized spacial score (nSPS) is 11.2. The predicted octanol–water partition coefficient (Wildman–Crippen LogP) is 3.04. The summed E-state index contributed by atoms with van der Waals surface area (Å²) >= 11 is 0. The molecule has 0 radical (unpaired) electrons. The molecule has 1 aromatic heterocycles. The standard InChI is InChI=1S/C17H15N5O2/c18-16(20-21-19)14-5-6-15-13(9-14)7-8-22(15)10-11-1-3-12(4-2-11)17(23)24/h1-9H,10H2,(H,23,24)(H3,18,19,20). The highest BCUT2D eigenvalue weighted by Gasteiger charge is 2.07. The molecule has 0 aliphatic carbocycles. The van der Waals surface area contributed by atoms with Crippen molar-refractivity contribution >= 4 is 22.7 Å². The van der Waals surface area contributed by atoms with E-state index in [0.717, 1.165) is 16.5 Å². The highest BCUT2D eigenvalue weighted by molar-refractivity contribution is 6.00. The van der Waals surface area contributed by atoms with E-state index in [9.17, 15) is 4.79 Å². The lowest BCUT2D eigenvalue weighted by molar-refractivity contribution is 0.0697. The Morgan fingerprint density at radius 1 is 1.12 bits per heavy atom. The summed E-state index contributed by atoms with van der Waals surface area (Å²) in [6.07, 6.45) is 1.95. The van der Waals surface area contributed by atoms with Crippen LogP contribution < -0.4 is 5.84 Å². The van der Waals surface area contributed by atoms with Crippen molar-refractivity contribution in [1.82, 2.24) is 4.57 Å². The van der Waals surface area contributed by atoms with E-state index in [0.29, 0.717) is 12.1 Å². The van der Waals surface area contributed by atoms with Gasteiger partial charge < -0.3 is 15.5 Å². The maximum atomic E-state index is 10.9. The average Bonchev–Trinajstić information content (AvgIpc) is 2.98. The van der Waals surface area contributed by atoms with Gasteiger partial charge >= 0.3 is 5.97 Å². The molecule has 2 aromatic carbocycles. The predicted molar refractivity (Wildman–Crippen MR) is 90.3 cm³/mol. The van der Waals surface area contributed by atoms with E-state index in [1.807, 2.05) is 24.4 Å². The van der Waals surface area contributed by atoms with E-state index in [1.54, 1.807) is 30.3 Å². The van der Waals surface area contributed by atoms with E-state index in [2.05, 4.69) is 14.9 Å². The second kappa shape index (κ2) is 6.33. The summed E-state index contributed by atoms with van der Waals surface area (Å²) in [7, 11) is 0. The number of carboxylic acid groups (broad SMARTS) is 1. The van der Waals surface area contributed by atoms with Crippen LogP contribution in [0.15, 0.2) is 65.1 Å². The molecule has 0 atom stereocenters. The number of hydrogen-bond acceptors (Lipinski definition) is 3. The lowest BCUT2D eigenvalue weighted by atomic mass is 10.1. The lowest BCUT2D eigenvalue weighted by Crippen LogP contribution is -2.00. The van der Waals surface area contributed by atoms with Crippen molar-refractivity contribution < 1.29 is 9.90 Å². The quantitative estimate of drug-likeness (QED) is 0.225. The fraction of sp³-hybridized carbons (Fsp3) is 0.0588. The molecule has 7 heteroatoms. The first-order chi connectivity index (χ1) is 11.6. The molecule has 1 heterocycles. The molecule has 7 nitrogen and oxygen atoms in total. The number of aromatic nitrogens is 1. The van der Waals surface area contributed by atoms with Crippen LogP contribution in [0.5, 0.6) is 0 Å². The number of nitrogens with two attached hydrogens (primary N) is 1. The number of carboxylic acids is 1. The van der Waals surface area contributed by atoms with Gasteiger partial charge in [-0.2, -0.15) is 0 Å². The summed E-state index contributed by atoms with van der Waals surface area (Å²) in [4.78, 5) is 10.9. The summed E-state index contributed by atoms with van der Waals surface area (Å²) in [5.41, 5.74) is 2.93. The molecule has 0 saturated heterocycles. The van der Waals surface area contributed by atoms with Crippen LogP contribution in [0.2, 0.25) is 0 Å². The second-order valence-electron chi connectivity index (χ2n) is 5.28. The lowest BCUT2D eigenvalue weighted by Gasteiger charge is -2.07. The SMILES string of the molecule is N=C(N=NN)c1ccc2c(ccn2Cc2ccc(C(=O)O)cc2)c1. The summed E-state index contributed by atoms with van der Waals surface area (Å²) in [5, 5.41) is 24.3. The molecule has 3 rings (SSSR count). The largest absolute Gasteiger partial charge is 0.478 e. The van der Waals surface area contributed by atoms with Crippen molar-refractivity contribution in [2.24, 2.45) is 16.2 Å². The maximum absolute atomic E-state index is 10.9. The first-order valence-corrected chi connectivity index (χ1v) is 7.19. The van der Waals surface area contributed by atoms with E-state index in [-0.39, 0.29) is 11.4 Å². The summed E-state index contributed by atoms with van der Waals surface area (Å²) < 4.78 is 2.06. The van der Waals surface area contributed by atoms with E-state index in [1.165, 1.54) is 0 Å². The van der Waals surface area contributed by atoms with Gasteiger partial charge in [0.2, 0.25) is 0 Å². The Kier molecular flexibility index (Phi) is 4.07. The summed E-state index contributed by atoms with van der Waals surface area (Å²) in [6.45, 7) is 0.628. The third-order valence-electron chi connectivity index (χ3n) is 3.76. The van der Waals surface area contributed by atoms with Crippen molar-refractivity contribution in [1.29, 1.82) is 5.41 Å². The number of carbonyl (C=O) groups is 1. The Labute approximate surface area is 137 Å². The van der Waals surface area contributed by atoms with Gasteiger partial charge in [-0.25, -0.2) is 4.79 Å². The van der Waals surface area contributed by atoms with Crippen LogP contribution in [0, 0.1) is 5.41 Å². The Bertz CT molecular complexity index is 941. The highest BCUT2D eigenvalue weighted by Crippen LogP contribution is 2.20. The van der Waals surface area contributed by atoms with Gasteiger partial charge in [0.25, 0.3) is 0 Å². The third-order valence-corrected chi connectivity index (χ3v) is 3.76. The molecule has 4 N–H and O–H groups in total. The second-order valence-corrected chi connectivity index (χ2v) is 5.28. The molecule has 24 heavy (non-hydrogen) atoms. The molecule has 120 valence electrons. The number of amidine groups is 1. The van der Waals surface area contributed by atoms with E-state index in [4.69, 9.17) is 16.4 Å². The minimum Gasteiger partial charge on any atom is -0.478 e. The van der Waals surface area contributed by atoms with Crippen molar-refractivity contribution in [3.63, 3.8) is 0 Å². The number of nitrogens with one attached hydrogen (secondary N) is 1. The fourth-order valence-electron chi connectivity index (χ4n) is 2.55. The minimum atomic E-state index is -0.933. The molecule has 0 aliphatic heterocycles. The van der Waals surface area contributed by atoms with Gasteiger partial charge in [-0.1, -0.05) is 17.4 Å².